The standard InChI is InChI=1S/C27H23ClN4O4S/c28-21-8-12-23(13-9-21)36-27(34)32-17-15-31(16-18-32)26(33)20-6-10-22(11-7-20)30-37(35)24-5-1-3-19-4-2-14-29-25(19)24/h1-14,30H,15-18H2. The Bertz CT molecular complexity index is 1450. The van der Waals surface area contributed by atoms with Crippen LogP contribution in [-0.2, 0) is 11.0 Å². The highest BCUT2D eigenvalue weighted by Crippen LogP contribution is 2.22. The second-order valence-corrected chi connectivity index (χ2v) is 10.00. The maximum atomic E-state index is 13.0. The lowest BCUT2D eigenvalue weighted by atomic mass is 10.1. The number of ether oxygens (including phenoxy) is 1. The summed E-state index contributed by atoms with van der Waals surface area (Å²) in [6.07, 6.45) is 1.21. The predicted octanol–water partition coefficient (Wildman–Crippen LogP) is 4.98. The first-order valence-electron chi connectivity index (χ1n) is 11.6. The molecule has 0 aliphatic carbocycles. The Morgan fingerprint density at radius 1 is 0.865 bits per heavy atom. The number of aromatic nitrogens is 1. The summed E-state index contributed by atoms with van der Waals surface area (Å²) in [6, 6.07) is 22.7. The van der Waals surface area contributed by atoms with E-state index in [1.165, 1.54) is 0 Å². The Hall–Kier alpha value is -3.95. The van der Waals surface area contributed by atoms with Gasteiger partial charge in [0.1, 0.15) is 5.75 Å². The third-order valence-corrected chi connectivity index (χ3v) is 7.38. The van der Waals surface area contributed by atoms with Gasteiger partial charge in [0.15, 0.2) is 11.0 Å². The molecule has 2 heterocycles. The number of anilines is 1. The van der Waals surface area contributed by atoms with Crippen molar-refractivity contribution in [3.8, 4) is 5.75 Å². The number of carbonyl (C=O) groups is 2. The van der Waals surface area contributed by atoms with Gasteiger partial charge in [-0.25, -0.2) is 9.00 Å². The third kappa shape index (κ3) is 5.73. The number of nitrogens with one attached hydrogen (secondary N) is 1. The predicted molar refractivity (Wildman–Crippen MR) is 143 cm³/mol. The summed E-state index contributed by atoms with van der Waals surface area (Å²) >= 11 is 5.86. The molecule has 1 aliphatic rings. The summed E-state index contributed by atoms with van der Waals surface area (Å²) in [5.74, 6) is 0.288. The Morgan fingerprint density at radius 3 is 2.27 bits per heavy atom. The van der Waals surface area contributed by atoms with E-state index in [9.17, 15) is 13.8 Å². The largest absolute Gasteiger partial charge is 0.415 e. The number of halogens is 1. The zero-order chi connectivity index (χ0) is 25.8. The minimum atomic E-state index is -1.52. The first-order valence-corrected chi connectivity index (χ1v) is 13.1. The van der Waals surface area contributed by atoms with Gasteiger partial charge >= 0.3 is 6.09 Å². The van der Waals surface area contributed by atoms with Crippen LogP contribution >= 0.6 is 11.6 Å². The van der Waals surface area contributed by atoms with Crippen LogP contribution in [-0.4, -0.2) is 57.2 Å². The van der Waals surface area contributed by atoms with Crippen LogP contribution in [0.4, 0.5) is 10.5 Å². The number of para-hydroxylation sites is 1. The summed E-state index contributed by atoms with van der Waals surface area (Å²) in [6.45, 7) is 1.53. The monoisotopic (exact) mass is 534 g/mol. The zero-order valence-electron chi connectivity index (χ0n) is 19.7. The van der Waals surface area contributed by atoms with Crippen molar-refractivity contribution in [2.75, 3.05) is 30.9 Å². The van der Waals surface area contributed by atoms with Gasteiger partial charge in [0.25, 0.3) is 5.91 Å². The minimum Gasteiger partial charge on any atom is -0.410 e. The number of piperazine rings is 1. The molecule has 0 bridgehead atoms. The SMILES string of the molecule is O=C(Oc1ccc(Cl)cc1)N1CCN(C(=O)c2ccc(NS(=O)c3cccc4cccnc34)cc2)CC1. The van der Waals surface area contributed by atoms with Crippen LogP contribution < -0.4 is 9.46 Å². The van der Waals surface area contributed by atoms with E-state index in [1.807, 2.05) is 24.3 Å². The van der Waals surface area contributed by atoms with E-state index in [0.717, 1.165) is 5.39 Å². The molecule has 2 amide bonds. The molecule has 1 N–H and O–H groups in total. The van der Waals surface area contributed by atoms with Gasteiger partial charge in [-0.1, -0.05) is 29.8 Å². The van der Waals surface area contributed by atoms with Crippen LogP contribution in [0, 0.1) is 0 Å². The molecule has 3 aromatic carbocycles. The molecule has 1 aromatic heterocycles. The topological polar surface area (TPSA) is 91.8 Å². The van der Waals surface area contributed by atoms with Gasteiger partial charge in [0, 0.05) is 54.0 Å². The molecular formula is C27H23ClN4O4S. The van der Waals surface area contributed by atoms with Gasteiger partial charge in [-0.2, -0.15) is 0 Å². The van der Waals surface area contributed by atoms with Crippen molar-refractivity contribution in [3.05, 3.63) is 95.6 Å². The Morgan fingerprint density at radius 2 is 1.54 bits per heavy atom. The lowest BCUT2D eigenvalue weighted by Gasteiger charge is -2.34. The molecule has 8 nitrogen and oxygen atoms in total. The van der Waals surface area contributed by atoms with E-state index in [-0.39, 0.29) is 5.91 Å². The van der Waals surface area contributed by atoms with Gasteiger partial charge < -0.3 is 19.3 Å². The molecule has 1 aliphatic heterocycles. The van der Waals surface area contributed by atoms with Gasteiger partial charge in [0.05, 0.1) is 10.4 Å². The first-order chi connectivity index (χ1) is 18.0. The molecule has 1 atom stereocenters. The van der Waals surface area contributed by atoms with Crippen molar-refractivity contribution < 1.29 is 18.5 Å². The Kier molecular flexibility index (Phi) is 7.34. The highest BCUT2D eigenvalue weighted by molar-refractivity contribution is 7.86. The number of amides is 2. The summed E-state index contributed by atoms with van der Waals surface area (Å²) in [5, 5.41) is 1.47. The molecule has 188 valence electrons. The third-order valence-electron chi connectivity index (χ3n) is 5.98. The van der Waals surface area contributed by atoms with E-state index in [0.29, 0.717) is 58.6 Å². The molecule has 1 fully saturated rings. The van der Waals surface area contributed by atoms with Crippen LogP contribution in [0.2, 0.25) is 5.02 Å². The number of carbonyl (C=O) groups excluding carboxylic acids is 2. The second kappa shape index (κ2) is 11.0. The highest BCUT2D eigenvalue weighted by atomic mass is 35.5. The summed E-state index contributed by atoms with van der Waals surface area (Å²) in [7, 11) is -1.52. The molecular weight excluding hydrogens is 512 g/mol. The molecule has 0 spiro atoms. The van der Waals surface area contributed by atoms with Crippen molar-refractivity contribution in [1.29, 1.82) is 0 Å². The molecule has 4 aromatic rings. The van der Waals surface area contributed by atoms with Gasteiger partial charge in [0.2, 0.25) is 0 Å². The number of hydrogen-bond donors (Lipinski definition) is 1. The number of fused-ring (bicyclic) bond motifs is 1. The fourth-order valence-corrected chi connectivity index (χ4v) is 5.15. The van der Waals surface area contributed by atoms with E-state index in [2.05, 4.69) is 9.71 Å². The van der Waals surface area contributed by atoms with E-state index in [4.69, 9.17) is 16.3 Å². The second-order valence-electron chi connectivity index (χ2n) is 8.38. The molecule has 1 unspecified atom stereocenters. The Labute approximate surface area is 221 Å². The summed E-state index contributed by atoms with van der Waals surface area (Å²) in [4.78, 5) is 33.6. The number of nitrogens with zero attached hydrogens (tertiary/aromatic N) is 3. The maximum absolute atomic E-state index is 13.0. The van der Waals surface area contributed by atoms with Crippen molar-refractivity contribution in [1.82, 2.24) is 14.8 Å². The van der Waals surface area contributed by atoms with Crippen LogP contribution in [0.5, 0.6) is 5.75 Å². The van der Waals surface area contributed by atoms with Crippen molar-refractivity contribution in [2.24, 2.45) is 0 Å². The molecule has 5 rings (SSSR count). The number of hydrogen-bond acceptors (Lipinski definition) is 5. The summed E-state index contributed by atoms with van der Waals surface area (Å²) < 4.78 is 21.3. The maximum Gasteiger partial charge on any atom is 0.415 e. The zero-order valence-corrected chi connectivity index (χ0v) is 21.2. The molecule has 1 saturated heterocycles. The van der Waals surface area contributed by atoms with Gasteiger partial charge in [-0.05, 0) is 60.7 Å². The number of pyridine rings is 1. The molecule has 37 heavy (non-hydrogen) atoms. The molecule has 0 saturated carbocycles. The minimum absolute atomic E-state index is 0.128. The van der Waals surface area contributed by atoms with Crippen LogP contribution in [0.1, 0.15) is 10.4 Å². The lowest BCUT2D eigenvalue weighted by molar-refractivity contribution is 0.0633. The van der Waals surface area contributed by atoms with E-state index >= 15 is 0 Å². The normalized spacial score (nSPS) is 14.3. The highest BCUT2D eigenvalue weighted by Gasteiger charge is 2.26. The van der Waals surface area contributed by atoms with Crippen molar-refractivity contribution >= 4 is 51.2 Å². The lowest BCUT2D eigenvalue weighted by Crippen LogP contribution is -2.51. The van der Waals surface area contributed by atoms with Crippen LogP contribution in [0.15, 0.2) is 90.0 Å². The average molecular weight is 535 g/mol. The first kappa shape index (κ1) is 24.7. The Balaban J connectivity index is 1.16. The number of rotatable bonds is 5. The quantitative estimate of drug-likeness (QED) is 0.390. The van der Waals surface area contributed by atoms with Gasteiger partial charge in [-0.15, -0.1) is 0 Å². The fourth-order valence-electron chi connectivity index (χ4n) is 4.01. The summed E-state index contributed by atoms with van der Waals surface area (Å²) in [5.41, 5.74) is 1.82. The average Bonchev–Trinajstić information content (AvgIpc) is 2.94. The van der Waals surface area contributed by atoms with E-state index in [1.54, 1.807) is 70.6 Å². The smallest absolute Gasteiger partial charge is 0.410 e. The van der Waals surface area contributed by atoms with Crippen LogP contribution in [0.3, 0.4) is 0 Å². The van der Waals surface area contributed by atoms with Crippen LogP contribution in [0.25, 0.3) is 10.9 Å². The van der Waals surface area contributed by atoms with Crippen molar-refractivity contribution in [2.45, 2.75) is 4.90 Å². The van der Waals surface area contributed by atoms with E-state index < -0.39 is 17.1 Å². The van der Waals surface area contributed by atoms with Gasteiger partial charge in [-0.3, -0.25) is 9.78 Å². The molecule has 10 heteroatoms. The van der Waals surface area contributed by atoms with Crippen molar-refractivity contribution in [3.63, 3.8) is 0 Å². The number of benzene rings is 3. The fraction of sp³-hybridized carbons (Fsp3) is 0.148. The molecule has 0 radical (unpaired) electrons.